The summed E-state index contributed by atoms with van der Waals surface area (Å²) in [5.74, 6) is -1.13. The Hall–Kier alpha value is -0.570. The van der Waals surface area contributed by atoms with Crippen molar-refractivity contribution in [3.8, 4) is 0 Å². The van der Waals surface area contributed by atoms with E-state index in [2.05, 4.69) is 13.8 Å². The third kappa shape index (κ3) is 1.97. The van der Waals surface area contributed by atoms with Gasteiger partial charge in [-0.25, -0.2) is 4.79 Å². The Balaban J connectivity index is 2.52. The molecule has 3 nitrogen and oxygen atoms in total. The van der Waals surface area contributed by atoms with E-state index < -0.39 is 12.1 Å². The third-order valence-electron chi connectivity index (χ3n) is 2.71. The first-order valence-electron chi connectivity index (χ1n) is 4.33. The number of hydrogen-bond donors (Lipinski definition) is 2. The van der Waals surface area contributed by atoms with Crippen molar-refractivity contribution in [1.82, 2.24) is 0 Å². The largest absolute Gasteiger partial charge is 0.479 e. The lowest BCUT2D eigenvalue weighted by Gasteiger charge is -2.18. The molecule has 0 spiro atoms. The molecule has 0 heterocycles. The number of aliphatic hydroxyl groups excluding tert-OH is 1. The van der Waals surface area contributed by atoms with Crippen LogP contribution in [0.15, 0.2) is 0 Å². The predicted molar refractivity (Wildman–Crippen MR) is 44.8 cm³/mol. The molecule has 2 atom stereocenters. The quantitative estimate of drug-likeness (QED) is 0.659. The number of carboxylic acid groups (broad SMARTS) is 1. The number of aliphatic hydroxyl groups is 1. The maximum absolute atomic E-state index is 10.4. The molecule has 12 heavy (non-hydrogen) atoms. The average Bonchev–Trinajstić information content (AvgIpc) is 2.28. The normalized spacial score (nSPS) is 30.1. The standard InChI is InChI=1S/C9H16O3/c1-9(2)4-3-6(5-9)7(10)8(11)12/h6-7,10H,3-5H2,1-2H3,(H,11,12). The maximum Gasteiger partial charge on any atom is 0.332 e. The van der Waals surface area contributed by atoms with E-state index in [0.717, 1.165) is 19.3 Å². The minimum atomic E-state index is -1.16. The van der Waals surface area contributed by atoms with Gasteiger partial charge in [-0.3, -0.25) is 0 Å². The molecule has 1 aliphatic carbocycles. The Morgan fingerprint density at radius 1 is 1.58 bits per heavy atom. The van der Waals surface area contributed by atoms with Gasteiger partial charge in [0.05, 0.1) is 0 Å². The zero-order valence-electron chi connectivity index (χ0n) is 7.58. The second kappa shape index (κ2) is 3.05. The van der Waals surface area contributed by atoms with Gasteiger partial charge in [0, 0.05) is 0 Å². The summed E-state index contributed by atoms with van der Waals surface area (Å²) in [5.41, 5.74) is 0.209. The third-order valence-corrected chi connectivity index (χ3v) is 2.71. The highest BCUT2D eigenvalue weighted by molar-refractivity contribution is 5.72. The Kier molecular flexibility index (Phi) is 2.42. The van der Waals surface area contributed by atoms with Crippen LogP contribution in [0.4, 0.5) is 0 Å². The summed E-state index contributed by atoms with van der Waals surface area (Å²) in [6.45, 7) is 4.23. The smallest absolute Gasteiger partial charge is 0.332 e. The van der Waals surface area contributed by atoms with Crippen molar-refractivity contribution in [2.75, 3.05) is 0 Å². The van der Waals surface area contributed by atoms with E-state index in [1.54, 1.807) is 0 Å². The minimum Gasteiger partial charge on any atom is -0.479 e. The number of rotatable bonds is 2. The van der Waals surface area contributed by atoms with E-state index in [9.17, 15) is 9.90 Å². The van der Waals surface area contributed by atoms with Crippen LogP contribution >= 0.6 is 0 Å². The molecule has 3 heteroatoms. The number of hydrogen-bond acceptors (Lipinski definition) is 2. The molecule has 0 bridgehead atoms. The molecule has 0 aliphatic heterocycles. The summed E-state index contributed by atoms with van der Waals surface area (Å²) in [6.07, 6.45) is 1.51. The van der Waals surface area contributed by atoms with Crippen LogP contribution in [-0.2, 0) is 4.79 Å². The molecule has 1 saturated carbocycles. The summed E-state index contributed by atoms with van der Waals surface area (Å²) in [7, 11) is 0. The van der Waals surface area contributed by atoms with Gasteiger partial charge in [-0.15, -0.1) is 0 Å². The molecule has 1 fully saturated rings. The molecule has 0 aromatic rings. The first kappa shape index (κ1) is 9.52. The number of carboxylic acids is 1. The summed E-state index contributed by atoms with van der Waals surface area (Å²) < 4.78 is 0. The van der Waals surface area contributed by atoms with Crippen molar-refractivity contribution in [1.29, 1.82) is 0 Å². The maximum atomic E-state index is 10.4. The van der Waals surface area contributed by atoms with Crippen molar-refractivity contribution >= 4 is 5.97 Å². The van der Waals surface area contributed by atoms with E-state index in [1.807, 2.05) is 0 Å². The predicted octanol–water partition coefficient (Wildman–Crippen LogP) is 1.26. The fourth-order valence-electron chi connectivity index (χ4n) is 1.96. The zero-order chi connectivity index (χ0) is 9.35. The van der Waals surface area contributed by atoms with Gasteiger partial charge in [0.25, 0.3) is 0 Å². The van der Waals surface area contributed by atoms with Crippen LogP contribution in [0.1, 0.15) is 33.1 Å². The molecule has 0 radical (unpaired) electrons. The highest BCUT2D eigenvalue weighted by Crippen LogP contribution is 2.42. The Bertz CT molecular complexity index is 186. The molecule has 0 amide bonds. The lowest BCUT2D eigenvalue weighted by Crippen LogP contribution is -2.28. The van der Waals surface area contributed by atoms with Gasteiger partial charge in [0.2, 0.25) is 0 Å². The van der Waals surface area contributed by atoms with Gasteiger partial charge in [-0.05, 0) is 30.6 Å². The van der Waals surface area contributed by atoms with E-state index >= 15 is 0 Å². The van der Waals surface area contributed by atoms with Gasteiger partial charge >= 0.3 is 5.97 Å². The van der Waals surface area contributed by atoms with E-state index in [1.165, 1.54) is 0 Å². The van der Waals surface area contributed by atoms with Crippen LogP contribution in [0.3, 0.4) is 0 Å². The first-order valence-corrected chi connectivity index (χ1v) is 4.33. The fourth-order valence-corrected chi connectivity index (χ4v) is 1.96. The Morgan fingerprint density at radius 2 is 2.17 bits per heavy atom. The molecule has 2 N–H and O–H groups in total. The van der Waals surface area contributed by atoms with Crippen LogP contribution < -0.4 is 0 Å². The van der Waals surface area contributed by atoms with E-state index in [0.29, 0.717) is 0 Å². The van der Waals surface area contributed by atoms with Crippen molar-refractivity contribution in [3.05, 3.63) is 0 Å². The topological polar surface area (TPSA) is 57.5 Å². The van der Waals surface area contributed by atoms with Crippen LogP contribution in [-0.4, -0.2) is 22.3 Å². The second-order valence-electron chi connectivity index (χ2n) is 4.45. The minimum absolute atomic E-state index is 0.0440. The molecular formula is C9H16O3. The van der Waals surface area contributed by atoms with Crippen molar-refractivity contribution in [2.24, 2.45) is 11.3 Å². The molecule has 2 unspecified atom stereocenters. The monoisotopic (exact) mass is 172 g/mol. The van der Waals surface area contributed by atoms with Crippen LogP contribution in [0, 0.1) is 11.3 Å². The summed E-state index contributed by atoms with van der Waals surface area (Å²) in [4.78, 5) is 10.4. The first-order chi connectivity index (χ1) is 5.42. The lowest BCUT2D eigenvalue weighted by atomic mass is 9.89. The highest BCUT2D eigenvalue weighted by atomic mass is 16.4. The molecule has 0 aromatic carbocycles. The SMILES string of the molecule is CC1(C)CCC(C(O)C(=O)O)C1. The Morgan fingerprint density at radius 3 is 2.50 bits per heavy atom. The summed E-state index contributed by atoms with van der Waals surface area (Å²) in [6, 6.07) is 0. The van der Waals surface area contributed by atoms with Crippen LogP contribution in [0.5, 0.6) is 0 Å². The highest BCUT2D eigenvalue weighted by Gasteiger charge is 2.37. The van der Waals surface area contributed by atoms with Crippen molar-refractivity contribution < 1.29 is 15.0 Å². The van der Waals surface area contributed by atoms with E-state index in [4.69, 9.17) is 5.11 Å². The molecule has 1 rings (SSSR count). The summed E-state index contributed by atoms with van der Waals surface area (Å²) >= 11 is 0. The summed E-state index contributed by atoms with van der Waals surface area (Å²) in [5, 5.41) is 17.8. The molecule has 0 aromatic heterocycles. The molecule has 1 aliphatic rings. The fraction of sp³-hybridized carbons (Fsp3) is 0.889. The van der Waals surface area contributed by atoms with Crippen LogP contribution in [0.2, 0.25) is 0 Å². The van der Waals surface area contributed by atoms with E-state index in [-0.39, 0.29) is 11.3 Å². The Labute approximate surface area is 72.4 Å². The number of carbonyl (C=O) groups is 1. The van der Waals surface area contributed by atoms with Crippen LogP contribution in [0.25, 0.3) is 0 Å². The van der Waals surface area contributed by atoms with Crippen molar-refractivity contribution in [3.63, 3.8) is 0 Å². The van der Waals surface area contributed by atoms with Gasteiger partial charge < -0.3 is 10.2 Å². The van der Waals surface area contributed by atoms with Gasteiger partial charge in [0.1, 0.15) is 0 Å². The lowest BCUT2D eigenvalue weighted by molar-refractivity contribution is -0.149. The second-order valence-corrected chi connectivity index (χ2v) is 4.45. The van der Waals surface area contributed by atoms with Gasteiger partial charge in [0.15, 0.2) is 6.10 Å². The number of aliphatic carboxylic acids is 1. The molecule has 0 saturated heterocycles. The van der Waals surface area contributed by atoms with Gasteiger partial charge in [-0.1, -0.05) is 13.8 Å². The molecular weight excluding hydrogens is 156 g/mol. The van der Waals surface area contributed by atoms with Gasteiger partial charge in [-0.2, -0.15) is 0 Å². The zero-order valence-corrected chi connectivity index (χ0v) is 7.58. The van der Waals surface area contributed by atoms with Crippen molar-refractivity contribution in [2.45, 2.75) is 39.2 Å². The average molecular weight is 172 g/mol. The molecule has 70 valence electrons.